The molecule has 0 spiro atoms. The van der Waals surface area contributed by atoms with Crippen molar-refractivity contribution in [2.24, 2.45) is 0 Å². The van der Waals surface area contributed by atoms with Crippen molar-refractivity contribution in [3.63, 3.8) is 0 Å². The van der Waals surface area contributed by atoms with E-state index in [1.54, 1.807) is 24.3 Å². The number of fused-ring (bicyclic) bond motifs is 4. The third kappa shape index (κ3) is 1.49. The number of hydrogen-bond donors (Lipinski definition) is 0. The third-order valence-corrected chi connectivity index (χ3v) is 3.98. The van der Waals surface area contributed by atoms with Gasteiger partial charge in [0.15, 0.2) is 5.76 Å². The zero-order valence-electron chi connectivity index (χ0n) is 11.7. The predicted molar refractivity (Wildman–Crippen MR) is 80.8 cm³/mol. The van der Waals surface area contributed by atoms with Crippen LogP contribution in [0.25, 0.3) is 22.1 Å². The maximum absolute atomic E-state index is 12.7. The molecule has 0 saturated carbocycles. The zero-order valence-corrected chi connectivity index (χ0v) is 11.7. The van der Waals surface area contributed by atoms with Gasteiger partial charge in [0.25, 0.3) is 0 Å². The number of para-hydroxylation sites is 1. The number of hydrogen-bond acceptors (Lipinski definition) is 3. The molecule has 0 radical (unpaired) electrons. The summed E-state index contributed by atoms with van der Waals surface area (Å²) in [4.78, 5) is 25.3. The molecule has 0 unspecified atom stereocenters. The lowest BCUT2D eigenvalue weighted by Gasteiger charge is -2.04. The van der Waals surface area contributed by atoms with Crippen LogP contribution in [-0.4, -0.2) is 5.78 Å². The minimum atomic E-state index is -0.194. The van der Waals surface area contributed by atoms with Crippen LogP contribution in [0.1, 0.15) is 27.2 Å². The van der Waals surface area contributed by atoms with E-state index >= 15 is 0 Å². The lowest BCUT2D eigenvalue weighted by atomic mass is 9.98. The summed E-state index contributed by atoms with van der Waals surface area (Å²) >= 11 is 0. The maximum atomic E-state index is 12.7. The van der Waals surface area contributed by atoms with E-state index in [1.807, 2.05) is 26.0 Å². The van der Waals surface area contributed by atoms with Gasteiger partial charge in [0.05, 0.1) is 10.9 Å². The largest absolute Gasteiger partial charge is 0.452 e. The minimum absolute atomic E-state index is 0.135. The fourth-order valence-electron chi connectivity index (χ4n) is 3.13. The van der Waals surface area contributed by atoms with Crippen LogP contribution in [0.4, 0.5) is 0 Å². The van der Waals surface area contributed by atoms with Gasteiger partial charge in [0, 0.05) is 11.1 Å². The monoisotopic (exact) mass is 276 g/mol. The van der Waals surface area contributed by atoms with Crippen LogP contribution in [0, 0.1) is 13.8 Å². The number of benzene rings is 2. The molecule has 1 aliphatic carbocycles. The summed E-state index contributed by atoms with van der Waals surface area (Å²) in [5.74, 6) is -0.0252. The summed E-state index contributed by atoms with van der Waals surface area (Å²) in [7, 11) is 0. The number of ketones is 1. The van der Waals surface area contributed by atoms with Gasteiger partial charge < -0.3 is 4.42 Å². The summed E-state index contributed by atoms with van der Waals surface area (Å²) in [5, 5.41) is 0.510. The molecule has 0 bridgehead atoms. The smallest absolute Gasteiger partial charge is 0.229 e. The molecule has 3 aromatic rings. The molecule has 0 N–H and O–H groups in total. The Balaban J connectivity index is 2.22. The molecule has 0 amide bonds. The molecule has 1 aromatic heterocycles. The van der Waals surface area contributed by atoms with Crippen molar-refractivity contribution in [2.75, 3.05) is 0 Å². The van der Waals surface area contributed by atoms with Gasteiger partial charge in [-0.3, -0.25) is 9.59 Å². The first-order valence-electron chi connectivity index (χ1n) is 6.80. The molecule has 3 heteroatoms. The molecule has 0 saturated heterocycles. The van der Waals surface area contributed by atoms with Crippen molar-refractivity contribution < 1.29 is 9.21 Å². The zero-order chi connectivity index (χ0) is 14.7. The van der Waals surface area contributed by atoms with Gasteiger partial charge in [0.1, 0.15) is 5.58 Å². The second-order valence-corrected chi connectivity index (χ2v) is 5.46. The topological polar surface area (TPSA) is 47.3 Å². The van der Waals surface area contributed by atoms with Gasteiger partial charge in [-0.15, -0.1) is 0 Å². The van der Waals surface area contributed by atoms with Gasteiger partial charge in [-0.25, -0.2) is 0 Å². The first kappa shape index (κ1) is 12.1. The van der Waals surface area contributed by atoms with E-state index < -0.39 is 0 Å². The Kier molecular flexibility index (Phi) is 2.25. The van der Waals surface area contributed by atoms with Gasteiger partial charge in [-0.05, 0) is 31.5 Å². The van der Waals surface area contributed by atoms with E-state index in [9.17, 15) is 9.59 Å². The summed E-state index contributed by atoms with van der Waals surface area (Å²) < 4.78 is 5.73. The molecule has 3 nitrogen and oxygen atoms in total. The Labute approximate surface area is 120 Å². The molecule has 4 rings (SSSR count). The highest BCUT2D eigenvalue weighted by Crippen LogP contribution is 2.38. The van der Waals surface area contributed by atoms with Crippen molar-refractivity contribution >= 4 is 16.8 Å². The average Bonchev–Trinajstić information content (AvgIpc) is 2.72. The quantitative estimate of drug-likeness (QED) is 0.493. The first-order valence-corrected chi connectivity index (χ1v) is 6.80. The molecular formula is C18H12O3. The maximum Gasteiger partial charge on any atom is 0.229 e. The molecule has 102 valence electrons. The van der Waals surface area contributed by atoms with E-state index in [0.29, 0.717) is 27.7 Å². The van der Waals surface area contributed by atoms with Crippen LogP contribution in [0.3, 0.4) is 0 Å². The Bertz CT molecular complexity index is 993. The van der Waals surface area contributed by atoms with Crippen molar-refractivity contribution in [3.05, 3.63) is 69.1 Å². The van der Waals surface area contributed by atoms with Gasteiger partial charge in [0.2, 0.25) is 11.2 Å². The number of aryl methyl sites for hydroxylation is 2. The Morgan fingerprint density at radius 1 is 0.952 bits per heavy atom. The Hall–Kier alpha value is -2.68. The molecular weight excluding hydrogens is 264 g/mol. The highest BCUT2D eigenvalue weighted by atomic mass is 16.3. The van der Waals surface area contributed by atoms with E-state index in [0.717, 1.165) is 11.1 Å². The summed E-state index contributed by atoms with van der Waals surface area (Å²) in [6.45, 7) is 3.85. The highest BCUT2D eigenvalue weighted by molar-refractivity contribution is 6.21. The van der Waals surface area contributed by atoms with E-state index in [-0.39, 0.29) is 17.0 Å². The fourth-order valence-corrected chi connectivity index (χ4v) is 3.13. The van der Waals surface area contributed by atoms with Gasteiger partial charge >= 0.3 is 0 Å². The SMILES string of the molecule is Cc1cc(C)c2c(c1)-c1c(oc3ccccc3c1=O)C2=O. The normalized spacial score (nSPS) is 12.6. The molecule has 2 aromatic carbocycles. The molecule has 1 heterocycles. The van der Waals surface area contributed by atoms with E-state index in [1.165, 1.54) is 0 Å². The lowest BCUT2D eigenvalue weighted by molar-refractivity contribution is 0.101. The minimum Gasteiger partial charge on any atom is -0.452 e. The number of carbonyl (C=O) groups is 1. The molecule has 21 heavy (non-hydrogen) atoms. The second-order valence-electron chi connectivity index (χ2n) is 5.46. The van der Waals surface area contributed by atoms with Crippen LogP contribution in [0.2, 0.25) is 0 Å². The van der Waals surface area contributed by atoms with Crippen molar-refractivity contribution in [1.29, 1.82) is 0 Å². The number of rotatable bonds is 0. The van der Waals surface area contributed by atoms with Crippen molar-refractivity contribution in [2.45, 2.75) is 13.8 Å². The van der Waals surface area contributed by atoms with Crippen molar-refractivity contribution in [1.82, 2.24) is 0 Å². The molecule has 0 atom stereocenters. The molecule has 0 fully saturated rings. The van der Waals surface area contributed by atoms with Crippen LogP contribution < -0.4 is 5.43 Å². The standard InChI is InChI=1S/C18H12O3/c1-9-7-10(2)14-12(8-9)15-16(19)11-5-3-4-6-13(11)21-18(15)17(14)20/h3-8H,1-2H3. The highest BCUT2D eigenvalue weighted by Gasteiger charge is 2.34. The summed E-state index contributed by atoms with van der Waals surface area (Å²) in [6, 6.07) is 10.9. The molecule has 1 aliphatic rings. The van der Waals surface area contributed by atoms with Crippen LogP contribution >= 0.6 is 0 Å². The van der Waals surface area contributed by atoms with Crippen molar-refractivity contribution in [3.8, 4) is 11.1 Å². The first-order chi connectivity index (χ1) is 10.1. The van der Waals surface area contributed by atoms with E-state index in [2.05, 4.69) is 0 Å². The predicted octanol–water partition coefficient (Wildman–Crippen LogP) is 3.62. The fraction of sp³-hybridized carbons (Fsp3) is 0.111. The van der Waals surface area contributed by atoms with Crippen LogP contribution in [0.5, 0.6) is 0 Å². The van der Waals surface area contributed by atoms with Gasteiger partial charge in [-0.2, -0.15) is 0 Å². The summed E-state index contributed by atoms with van der Waals surface area (Å²) in [6.07, 6.45) is 0. The van der Waals surface area contributed by atoms with E-state index in [4.69, 9.17) is 4.42 Å². The Morgan fingerprint density at radius 3 is 2.52 bits per heavy atom. The summed E-state index contributed by atoms with van der Waals surface area (Å²) in [5.41, 5.74) is 3.92. The second kappa shape index (κ2) is 3.92. The lowest BCUT2D eigenvalue weighted by Crippen LogP contribution is -2.06. The van der Waals surface area contributed by atoms with Crippen LogP contribution in [-0.2, 0) is 0 Å². The third-order valence-electron chi connectivity index (χ3n) is 3.98. The average molecular weight is 276 g/mol. The van der Waals surface area contributed by atoms with Crippen LogP contribution in [0.15, 0.2) is 45.6 Å². The Morgan fingerprint density at radius 2 is 1.71 bits per heavy atom. The molecule has 0 aliphatic heterocycles. The van der Waals surface area contributed by atoms with Gasteiger partial charge in [-0.1, -0.05) is 29.8 Å². The number of carbonyl (C=O) groups excluding carboxylic acids is 1.